The van der Waals surface area contributed by atoms with Crippen molar-refractivity contribution in [3.8, 4) is 0 Å². The van der Waals surface area contributed by atoms with Gasteiger partial charge in [-0.25, -0.2) is 9.97 Å². The minimum atomic E-state index is -0.347. The van der Waals surface area contributed by atoms with Crippen molar-refractivity contribution in [2.24, 2.45) is 0 Å². The second kappa shape index (κ2) is 4.35. The lowest BCUT2D eigenvalue weighted by molar-refractivity contribution is 0.102. The smallest absolute Gasteiger partial charge is 0.275 e. The largest absolute Gasteiger partial charge is 0.382 e. The van der Waals surface area contributed by atoms with Gasteiger partial charge in [-0.1, -0.05) is 0 Å². The molecule has 0 aliphatic heterocycles. The van der Waals surface area contributed by atoms with Crippen LogP contribution in [0.1, 0.15) is 10.5 Å². The standard InChI is InChI=1S/C10H9N5O/c11-9-6-13-8(5-14-9)10(16)15-7-2-1-3-12-4-7/h1-6H,(H2,11,14)(H,15,16). The molecule has 0 saturated carbocycles. The molecule has 0 fully saturated rings. The number of amides is 1. The number of nitrogens with two attached hydrogens (primary N) is 1. The molecule has 2 rings (SSSR count). The number of hydrogen-bond donors (Lipinski definition) is 2. The van der Waals surface area contributed by atoms with Gasteiger partial charge in [-0.2, -0.15) is 0 Å². The maximum atomic E-state index is 11.6. The first-order valence-corrected chi connectivity index (χ1v) is 4.54. The molecule has 2 aromatic rings. The first-order chi connectivity index (χ1) is 7.75. The molecule has 0 spiro atoms. The Kier molecular flexibility index (Phi) is 2.73. The van der Waals surface area contributed by atoms with Gasteiger partial charge >= 0.3 is 0 Å². The molecule has 0 atom stereocenters. The summed E-state index contributed by atoms with van der Waals surface area (Å²) in [6.45, 7) is 0. The van der Waals surface area contributed by atoms with Crippen LogP contribution in [-0.4, -0.2) is 20.9 Å². The Balaban J connectivity index is 2.12. The van der Waals surface area contributed by atoms with Gasteiger partial charge in [-0.15, -0.1) is 0 Å². The van der Waals surface area contributed by atoms with E-state index < -0.39 is 0 Å². The van der Waals surface area contributed by atoms with Crippen LogP contribution in [-0.2, 0) is 0 Å². The first-order valence-electron chi connectivity index (χ1n) is 4.54. The molecular formula is C10H9N5O. The quantitative estimate of drug-likeness (QED) is 0.769. The topological polar surface area (TPSA) is 93.8 Å². The molecule has 0 aliphatic carbocycles. The van der Waals surface area contributed by atoms with Crippen molar-refractivity contribution in [2.75, 3.05) is 11.1 Å². The SMILES string of the molecule is Nc1cnc(C(=O)Nc2cccnc2)cn1. The lowest BCUT2D eigenvalue weighted by Gasteiger charge is -2.03. The fourth-order valence-electron chi connectivity index (χ4n) is 1.09. The molecule has 2 heterocycles. The summed E-state index contributed by atoms with van der Waals surface area (Å²) in [7, 11) is 0. The van der Waals surface area contributed by atoms with Crippen LogP contribution < -0.4 is 11.1 Å². The minimum absolute atomic E-state index is 0.207. The summed E-state index contributed by atoms with van der Waals surface area (Å²) in [6.07, 6.45) is 5.82. The number of carbonyl (C=O) groups excluding carboxylic acids is 1. The zero-order chi connectivity index (χ0) is 11.4. The Bertz CT molecular complexity index is 482. The third-order valence-corrected chi connectivity index (χ3v) is 1.82. The number of anilines is 2. The van der Waals surface area contributed by atoms with E-state index in [4.69, 9.17) is 5.73 Å². The van der Waals surface area contributed by atoms with Crippen LogP contribution in [0.25, 0.3) is 0 Å². The lowest BCUT2D eigenvalue weighted by atomic mass is 10.3. The normalized spacial score (nSPS) is 9.75. The highest BCUT2D eigenvalue weighted by molar-refractivity contribution is 6.02. The van der Waals surface area contributed by atoms with Crippen molar-refractivity contribution in [3.63, 3.8) is 0 Å². The fourth-order valence-corrected chi connectivity index (χ4v) is 1.09. The van der Waals surface area contributed by atoms with Crippen LogP contribution >= 0.6 is 0 Å². The minimum Gasteiger partial charge on any atom is -0.382 e. The lowest BCUT2D eigenvalue weighted by Crippen LogP contribution is -2.14. The number of aromatic nitrogens is 3. The molecule has 16 heavy (non-hydrogen) atoms. The van der Waals surface area contributed by atoms with Gasteiger partial charge in [0.25, 0.3) is 5.91 Å². The molecule has 3 N–H and O–H groups in total. The second-order valence-corrected chi connectivity index (χ2v) is 3.02. The number of carbonyl (C=O) groups is 1. The third kappa shape index (κ3) is 2.30. The summed E-state index contributed by atoms with van der Waals surface area (Å²) in [5.41, 5.74) is 6.17. The Morgan fingerprint density at radius 1 is 1.25 bits per heavy atom. The van der Waals surface area contributed by atoms with Crippen LogP contribution in [0, 0.1) is 0 Å². The van der Waals surface area contributed by atoms with Crippen LogP contribution in [0.2, 0.25) is 0 Å². The number of rotatable bonds is 2. The summed E-state index contributed by atoms with van der Waals surface area (Å²) in [6, 6.07) is 3.46. The number of nitrogens with zero attached hydrogens (tertiary/aromatic N) is 3. The van der Waals surface area contributed by atoms with E-state index in [1.807, 2.05) is 0 Å². The highest BCUT2D eigenvalue weighted by Gasteiger charge is 2.07. The van der Waals surface area contributed by atoms with E-state index in [0.29, 0.717) is 5.69 Å². The zero-order valence-corrected chi connectivity index (χ0v) is 8.29. The first kappa shape index (κ1) is 10.0. The molecule has 0 bridgehead atoms. The zero-order valence-electron chi connectivity index (χ0n) is 8.29. The predicted molar refractivity (Wildman–Crippen MR) is 58.6 cm³/mol. The number of nitrogen functional groups attached to an aromatic ring is 1. The average Bonchev–Trinajstić information content (AvgIpc) is 2.31. The van der Waals surface area contributed by atoms with Gasteiger partial charge in [0.15, 0.2) is 0 Å². The highest BCUT2D eigenvalue weighted by Crippen LogP contribution is 2.05. The van der Waals surface area contributed by atoms with Crippen LogP contribution in [0.15, 0.2) is 36.9 Å². The van der Waals surface area contributed by atoms with E-state index in [-0.39, 0.29) is 17.4 Å². The summed E-state index contributed by atoms with van der Waals surface area (Å²) in [4.78, 5) is 23.2. The highest BCUT2D eigenvalue weighted by atomic mass is 16.1. The van der Waals surface area contributed by atoms with Gasteiger partial charge < -0.3 is 11.1 Å². The van der Waals surface area contributed by atoms with Crippen molar-refractivity contribution in [3.05, 3.63) is 42.6 Å². The molecule has 6 heteroatoms. The maximum Gasteiger partial charge on any atom is 0.275 e. The van der Waals surface area contributed by atoms with Crippen molar-refractivity contribution in [1.29, 1.82) is 0 Å². The number of nitrogens with one attached hydrogen (secondary N) is 1. The Morgan fingerprint density at radius 3 is 2.75 bits per heavy atom. The Morgan fingerprint density at radius 2 is 2.12 bits per heavy atom. The molecule has 2 aromatic heterocycles. The molecule has 6 nitrogen and oxygen atoms in total. The monoisotopic (exact) mass is 215 g/mol. The average molecular weight is 215 g/mol. The second-order valence-electron chi connectivity index (χ2n) is 3.02. The molecule has 80 valence electrons. The van der Waals surface area contributed by atoms with E-state index >= 15 is 0 Å². The van der Waals surface area contributed by atoms with E-state index in [1.54, 1.807) is 24.5 Å². The van der Waals surface area contributed by atoms with E-state index in [2.05, 4.69) is 20.3 Å². The van der Waals surface area contributed by atoms with Crippen LogP contribution in [0.5, 0.6) is 0 Å². The van der Waals surface area contributed by atoms with Crippen LogP contribution in [0.3, 0.4) is 0 Å². The molecule has 0 unspecified atom stereocenters. The van der Waals surface area contributed by atoms with Gasteiger partial charge in [0.2, 0.25) is 0 Å². The van der Waals surface area contributed by atoms with Gasteiger partial charge in [-0.05, 0) is 12.1 Å². The molecule has 1 amide bonds. The van der Waals surface area contributed by atoms with Crippen molar-refractivity contribution >= 4 is 17.4 Å². The summed E-state index contributed by atoms with van der Waals surface area (Å²) < 4.78 is 0. The Hall–Kier alpha value is -2.50. The van der Waals surface area contributed by atoms with Crippen molar-refractivity contribution in [1.82, 2.24) is 15.0 Å². The van der Waals surface area contributed by atoms with Gasteiger partial charge in [0.05, 0.1) is 24.3 Å². The molecular weight excluding hydrogens is 206 g/mol. The van der Waals surface area contributed by atoms with E-state index in [1.165, 1.54) is 12.4 Å². The summed E-state index contributed by atoms with van der Waals surface area (Å²) in [5.74, 6) is -0.0709. The van der Waals surface area contributed by atoms with Crippen molar-refractivity contribution in [2.45, 2.75) is 0 Å². The predicted octanol–water partition coefficient (Wildman–Crippen LogP) is 0.706. The maximum absolute atomic E-state index is 11.6. The van der Waals surface area contributed by atoms with E-state index in [9.17, 15) is 4.79 Å². The number of pyridine rings is 1. The van der Waals surface area contributed by atoms with Crippen LogP contribution in [0.4, 0.5) is 11.5 Å². The number of hydrogen-bond acceptors (Lipinski definition) is 5. The molecule has 0 aromatic carbocycles. The Labute approximate surface area is 91.6 Å². The molecule has 0 aliphatic rings. The van der Waals surface area contributed by atoms with E-state index in [0.717, 1.165) is 0 Å². The summed E-state index contributed by atoms with van der Waals surface area (Å²) in [5, 5.41) is 2.63. The van der Waals surface area contributed by atoms with Gasteiger partial charge in [0, 0.05) is 6.20 Å². The fraction of sp³-hybridized carbons (Fsp3) is 0. The van der Waals surface area contributed by atoms with Gasteiger partial charge in [0.1, 0.15) is 11.5 Å². The third-order valence-electron chi connectivity index (χ3n) is 1.82. The summed E-state index contributed by atoms with van der Waals surface area (Å²) >= 11 is 0. The molecule has 0 saturated heterocycles. The molecule has 0 radical (unpaired) electrons. The van der Waals surface area contributed by atoms with Crippen molar-refractivity contribution < 1.29 is 4.79 Å². The van der Waals surface area contributed by atoms with Gasteiger partial charge in [-0.3, -0.25) is 9.78 Å².